The van der Waals surface area contributed by atoms with Gasteiger partial charge >= 0.3 is 0 Å². The van der Waals surface area contributed by atoms with Crippen molar-refractivity contribution in [3.8, 4) is 0 Å². The van der Waals surface area contributed by atoms with Gasteiger partial charge in [0.05, 0.1) is 22.8 Å². The summed E-state index contributed by atoms with van der Waals surface area (Å²) in [7, 11) is 0. The van der Waals surface area contributed by atoms with Gasteiger partial charge in [-0.15, -0.1) is 0 Å². The Bertz CT molecular complexity index is 1070. The first kappa shape index (κ1) is 19.9. The molecule has 0 radical (unpaired) electrons. The molecule has 0 fully saturated rings. The van der Waals surface area contributed by atoms with E-state index in [1.807, 2.05) is 31.2 Å². The highest BCUT2D eigenvalue weighted by molar-refractivity contribution is 6.38. The lowest BCUT2D eigenvalue weighted by Crippen LogP contribution is -2.30. The molecule has 7 heteroatoms. The van der Waals surface area contributed by atoms with Crippen LogP contribution in [0.15, 0.2) is 70.7 Å². The normalized spacial score (nSPS) is 11.0. The Morgan fingerprint density at radius 1 is 1.07 bits per heavy atom. The number of rotatable bonds is 5. The van der Waals surface area contributed by atoms with E-state index in [0.717, 1.165) is 11.1 Å². The second kappa shape index (κ2) is 8.87. The van der Waals surface area contributed by atoms with E-state index in [0.29, 0.717) is 22.2 Å². The van der Waals surface area contributed by atoms with Gasteiger partial charge in [0, 0.05) is 11.8 Å². The summed E-state index contributed by atoms with van der Waals surface area (Å²) in [6, 6.07) is 16.0. The van der Waals surface area contributed by atoms with Gasteiger partial charge in [-0.05, 0) is 36.8 Å². The number of carbonyl (C=O) groups is 1. The largest absolute Gasteiger partial charge is 0.310 e. The van der Waals surface area contributed by atoms with Crippen LogP contribution in [0.1, 0.15) is 27.0 Å². The summed E-state index contributed by atoms with van der Waals surface area (Å²) in [6.07, 6.45) is 2.99. The Balaban J connectivity index is 1.76. The van der Waals surface area contributed by atoms with E-state index < -0.39 is 11.5 Å². The van der Waals surface area contributed by atoms with Gasteiger partial charge in [-0.2, -0.15) is 5.10 Å². The topological polar surface area (TPSA) is 63.5 Å². The van der Waals surface area contributed by atoms with Crippen molar-refractivity contribution >= 4 is 35.3 Å². The van der Waals surface area contributed by atoms with Gasteiger partial charge in [-0.25, -0.2) is 5.43 Å². The van der Waals surface area contributed by atoms with Gasteiger partial charge in [0.25, 0.3) is 11.5 Å². The summed E-state index contributed by atoms with van der Waals surface area (Å²) in [6.45, 7) is 2.37. The molecule has 28 heavy (non-hydrogen) atoms. The molecule has 3 rings (SSSR count). The molecular formula is C21H17Cl2N3O2. The van der Waals surface area contributed by atoms with Crippen molar-refractivity contribution in [3.63, 3.8) is 0 Å². The molecule has 5 nitrogen and oxygen atoms in total. The molecule has 0 saturated carbocycles. The maximum absolute atomic E-state index is 12.6. The smallest absolute Gasteiger partial charge is 0.276 e. The summed E-state index contributed by atoms with van der Waals surface area (Å²) in [5, 5.41) is 4.68. The van der Waals surface area contributed by atoms with Crippen molar-refractivity contribution < 1.29 is 4.79 Å². The Hall–Kier alpha value is -2.89. The number of hydrogen-bond donors (Lipinski definition) is 1. The van der Waals surface area contributed by atoms with E-state index in [4.69, 9.17) is 23.2 Å². The van der Waals surface area contributed by atoms with Gasteiger partial charge in [-0.3, -0.25) is 9.59 Å². The van der Waals surface area contributed by atoms with E-state index in [-0.39, 0.29) is 5.56 Å². The molecule has 1 N–H and O–H groups in total. The first-order chi connectivity index (χ1) is 13.5. The van der Waals surface area contributed by atoms with Gasteiger partial charge in [-0.1, -0.05) is 59.1 Å². The van der Waals surface area contributed by atoms with Gasteiger partial charge in [0.1, 0.15) is 5.56 Å². The van der Waals surface area contributed by atoms with Crippen LogP contribution in [0, 0.1) is 6.92 Å². The second-order valence-electron chi connectivity index (χ2n) is 6.17. The Kier molecular flexibility index (Phi) is 6.29. The van der Waals surface area contributed by atoms with Crippen molar-refractivity contribution in [1.29, 1.82) is 0 Å². The third-order valence-electron chi connectivity index (χ3n) is 4.10. The van der Waals surface area contributed by atoms with Crippen molar-refractivity contribution in [2.24, 2.45) is 5.10 Å². The number of benzene rings is 2. The molecule has 142 valence electrons. The minimum Gasteiger partial charge on any atom is -0.310 e. The predicted molar refractivity (Wildman–Crippen MR) is 113 cm³/mol. The number of nitrogens with zero attached hydrogens (tertiary/aromatic N) is 2. The molecule has 0 unspecified atom stereocenters. The van der Waals surface area contributed by atoms with Gasteiger partial charge < -0.3 is 4.57 Å². The highest BCUT2D eigenvalue weighted by Crippen LogP contribution is 2.21. The van der Waals surface area contributed by atoms with Crippen molar-refractivity contribution in [2.75, 3.05) is 0 Å². The first-order valence-electron chi connectivity index (χ1n) is 8.48. The Morgan fingerprint density at radius 2 is 1.75 bits per heavy atom. The lowest BCUT2D eigenvalue weighted by atomic mass is 10.1. The highest BCUT2D eigenvalue weighted by Gasteiger charge is 2.12. The molecule has 1 amide bonds. The van der Waals surface area contributed by atoms with E-state index >= 15 is 0 Å². The fourth-order valence-corrected chi connectivity index (χ4v) is 3.07. The van der Waals surface area contributed by atoms with Crippen molar-refractivity contribution in [1.82, 2.24) is 9.99 Å². The Morgan fingerprint density at radius 3 is 2.43 bits per heavy atom. The van der Waals surface area contributed by atoms with Crippen LogP contribution >= 0.6 is 23.2 Å². The van der Waals surface area contributed by atoms with Crippen LogP contribution in [0.5, 0.6) is 0 Å². The molecule has 0 saturated heterocycles. The molecule has 0 aliphatic carbocycles. The maximum atomic E-state index is 12.6. The van der Waals surface area contributed by atoms with Gasteiger partial charge in [0.2, 0.25) is 0 Å². The SMILES string of the molecule is Cc1ccc(Cn2cccc(C(=O)N/N=C\c3c(Cl)cccc3Cl)c2=O)cc1. The molecule has 1 aromatic heterocycles. The van der Waals surface area contributed by atoms with Crippen LogP contribution < -0.4 is 11.0 Å². The average molecular weight is 414 g/mol. The number of aryl methyl sites for hydroxylation is 1. The lowest BCUT2D eigenvalue weighted by molar-refractivity contribution is 0.0953. The molecule has 3 aromatic rings. The zero-order valence-corrected chi connectivity index (χ0v) is 16.5. The third-order valence-corrected chi connectivity index (χ3v) is 4.76. The predicted octanol–water partition coefficient (Wildman–Crippen LogP) is 4.28. The molecular weight excluding hydrogens is 397 g/mol. The summed E-state index contributed by atoms with van der Waals surface area (Å²) >= 11 is 12.1. The lowest BCUT2D eigenvalue weighted by Gasteiger charge is -2.08. The standard InChI is InChI=1S/C21H17Cl2N3O2/c1-14-7-9-15(10-8-14)13-26-11-3-4-16(21(26)28)20(27)25-24-12-17-18(22)5-2-6-19(17)23/h2-12H,13H2,1H3,(H,25,27)/b24-12-. The molecule has 0 spiro atoms. The zero-order valence-electron chi connectivity index (χ0n) is 15.0. The summed E-state index contributed by atoms with van der Waals surface area (Å²) in [4.78, 5) is 25.0. The third kappa shape index (κ3) is 4.68. The summed E-state index contributed by atoms with van der Waals surface area (Å²) in [5.41, 5.74) is 4.53. The van der Waals surface area contributed by atoms with E-state index in [2.05, 4.69) is 10.5 Å². The average Bonchev–Trinajstić information content (AvgIpc) is 2.67. The maximum Gasteiger partial charge on any atom is 0.276 e. The minimum atomic E-state index is -0.609. The molecule has 0 aliphatic heterocycles. The summed E-state index contributed by atoms with van der Waals surface area (Å²) < 4.78 is 1.48. The molecule has 1 heterocycles. The highest BCUT2D eigenvalue weighted by atomic mass is 35.5. The van der Waals surface area contributed by atoms with E-state index in [9.17, 15) is 9.59 Å². The van der Waals surface area contributed by atoms with Crippen LogP contribution in [0.3, 0.4) is 0 Å². The summed E-state index contributed by atoms with van der Waals surface area (Å²) in [5.74, 6) is -0.609. The fourth-order valence-electron chi connectivity index (χ4n) is 2.57. The zero-order chi connectivity index (χ0) is 20.1. The quantitative estimate of drug-likeness (QED) is 0.501. The fraction of sp³-hybridized carbons (Fsp3) is 0.0952. The molecule has 2 aromatic carbocycles. The number of pyridine rings is 1. The molecule has 0 bridgehead atoms. The van der Waals surface area contributed by atoms with Crippen LogP contribution in [-0.2, 0) is 6.54 Å². The van der Waals surface area contributed by atoms with Crippen LogP contribution in [0.2, 0.25) is 10.0 Å². The molecule has 0 aliphatic rings. The Labute approximate surface area is 172 Å². The van der Waals surface area contributed by atoms with Crippen molar-refractivity contribution in [2.45, 2.75) is 13.5 Å². The van der Waals surface area contributed by atoms with E-state index in [1.165, 1.54) is 16.8 Å². The number of halogens is 2. The van der Waals surface area contributed by atoms with E-state index in [1.54, 1.807) is 30.5 Å². The van der Waals surface area contributed by atoms with Crippen LogP contribution in [0.25, 0.3) is 0 Å². The monoisotopic (exact) mass is 413 g/mol. The molecule has 0 atom stereocenters. The minimum absolute atomic E-state index is 0.00276. The number of carbonyl (C=O) groups excluding carboxylic acids is 1. The van der Waals surface area contributed by atoms with Crippen molar-refractivity contribution in [3.05, 3.63) is 103 Å². The van der Waals surface area contributed by atoms with Gasteiger partial charge in [0.15, 0.2) is 0 Å². The van der Waals surface area contributed by atoms with Crippen LogP contribution in [-0.4, -0.2) is 16.7 Å². The number of nitrogens with one attached hydrogen (secondary N) is 1. The number of amides is 1. The van der Waals surface area contributed by atoms with Crippen LogP contribution in [0.4, 0.5) is 0 Å². The number of hydrazone groups is 1. The first-order valence-corrected chi connectivity index (χ1v) is 9.23. The number of hydrogen-bond acceptors (Lipinski definition) is 3. The second-order valence-corrected chi connectivity index (χ2v) is 6.99. The number of aromatic nitrogens is 1.